The Labute approximate surface area is 110 Å². The second kappa shape index (κ2) is 5.34. The van der Waals surface area contributed by atoms with Gasteiger partial charge in [0.25, 0.3) is 0 Å². The number of hydrogen-bond acceptors (Lipinski definition) is 2. The fourth-order valence-electron chi connectivity index (χ4n) is 1.61. The molecule has 2 aromatic carbocycles. The van der Waals surface area contributed by atoms with Crippen LogP contribution in [0.15, 0.2) is 46.9 Å². The van der Waals surface area contributed by atoms with E-state index in [4.69, 9.17) is 10.5 Å². The Morgan fingerprint density at radius 2 is 1.94 bits per heavy atom. The molecule has 0 amide bonds. The summed E-state index contributed by atoms with van der Waals surface area (Å²) >= 11 is 3.45. The number of rotatable bonds is 3. The van der Waals surface area contributed by atoms with Crippen LogP contribution in [0.4, 0.5) is 0 Å². The molecule has 2 N–H and O–H groups in total. The largest absolute Gasteiger partial charge is 0.457 e. The molecule has 0 heterocycles. The highest BCUT2D eigenvalue weighted by Gasteiger charge is 2.01. The van der Waals surface area contributed by atoms with Gasteiger partial charge < -0.3 is 10.5 Å². The zero-order valence-corrected chi connectivity index (χ0v) is 11.2. The first-order chi connectivity index (χ1) is 8.17. The molecule has 2 aromatic rings. The first-order valence-electron chi connectivity index (χ1n) is 5.41. The maximum atomic E-state index is 5.80. The maximum absolute atomic E-state index is 5.80. The second-order valence-electron chi connectivity index (χ2n) is 3.92. The van der Waals surface area contributed by atoms with E-state index < -0.39 is 0 Å². The van der Waals surface area contributed by atoms with Crippen LogP contribution in [0.5, 0.6) is 11.5 Å². The van der Waals surface area contributed by atoms with Crippen molar-refractivity contribution in [2.24, 2.45) is 5.73 Å². The van der Waals surface area contributed by atoms with Crippen LogP contribution in [0, 0.1) is 6.92 Å². The first-order valence-corrected chi connectivity index (χ1v) is 6.21. The fraction of sp³-hybridized carbons (Fsp3) is 0.143. The van der Waals surface area contributed by atoms with Crippen molar-refractivity contribution in [1.29, 1.82) is 0 Å². The van der Waals surface area contributed by atoms with Crippen molar-refractivity contribution in [2.45, 2.75) is 13.5 Å². The first kappa shape index (κ1) is 12.1. The number of halogens is 1. The van der Waals surface area contributed by atoms with Gasteiger partial charge in [0, 0.05) is 11.0 Å². The van der Waals surface area contributed by atoms with E-state index in [1.807, 2.05) is 49.4 Å². The summed E-state index contributed by atoms with van der Waals surface area (Å²) in [5.41, 5.74) is 7.85. The predicted molar refractivity (Wildman–Crippen MR) is 73.3 cm³/mol. The summed E-state index contributed by atoms with van der Waals surface area (Å²) in [7, 11) is 0. The topological polar surface area (TPSA) is 35.2 Å². The Morgan fingerprint density at radius 1 is 1.12 bits per heavy atom. The Balaban J connectivity index is 2.26. The van der Waals surface area contributed by atoms with Gasteiger partial charge in [-0.25, -0.2) is 0 Å². The van der Waals surface area contributed by atoms with Gasteiger partial charge in [0.2, 0.25) is 0 Å². The van der Waals surface area contributed by atoms with E-state index in [2.05, 4.69) is 15.9 Å². The van der Waals surface area contributed by atoms with Gasteiger partial charge in [0.05, 0.1) is 0 Å². The number of benzene rings is 2. The van der Waals surface area contributed by atoms with Gasteiger partial charge >= 0.3 is 0 Å². The summed E-state index contributed by atoms with van der Waals surface area (Å²) in [6, 6.07) is 13.8. The molecular formula is C14H14BrNO. The molecule has 0 radical (unpaired) electrons. The molecule has 2 nitrogen and oxygen atoms in total. The number of hydrogen-bond donors (Lipinski definition) is 1. The van der Waals surface area contributed by atoms with E-state index in [0.29, 0.717) is 6.54 Å². The molecule has 0 aliphatic heterocycles. The molecule has 0 bridgehead atoms. The molecule has 17 heavy (non-hydrogen) atoms. The molecule has 0 aliphatic rings. The summed E-state index contributed by atoms with van der Waals surface area (Å²) in [4.78, 5) is 0. The summed E-state index contributed by atoms with van der Waals surface area (Å²) in [6.07, 6.45) is 0. The van der Waals surface area contributed by atoms with Crippen LogP contribution in [0.3, 0.4) is 0 Å². The van der Waals surface area contributed by atoms with Crippen molar-refractivity contribution in [3.05, 3.63) is 58.1 Å². The smallest absolute Gasteiger partial charge is 0.128 e. The van der Waals surface area contributed by atoms with Gasteiger partial charge in [0.15, 0.2) is 0 Å². The number of aryl methyl sites for hydroxylation is 1. The van der Waals surface area contributed by atoms with E-state index in [1.54, 1.807) is 0 Å². The summed E-state index contributed by atoms with van der Waals surface area (Å²) in [5.74, 6) is 1.64. The average molecular weight is 292 g/mol. The maximum Gasteiger partial charge on any atom is 0.128 e. The number of ether oxygens (including phenoxy) is 1. The van der Waals surface area contributed by atoms with Crippen molar-refractivity contribution < 1.29 is 4.74 Å². The summed E-state index contributed by atoms with van der Waals surface area (Å²) in [5, 5.41) is 0. The SMILES string of the molecule is Cc1cccc(Oc2cc(Br)cc(CN)c2)c1. The van der Waals surface area contributed by atoms with Gasteiger partial charge in [-0.15, -0.1) is 0 Å². The second-order valence-corrected chi connectivity index (χ2v) is 4.83. The molecule has 0 aromatic heterocycles. The minimum atomic E-state index is 0.504. The molecule has 0 aliphatic carbocycles. The zero-order chi connectivity index (χ0) is 12.3. The van der Waals surface area contributed by atoms with Crippen LogP contribution < -0.4 is 10.5 Å². The highest BCUT2D eigenvalue weighted by atomic mass is 79.9. The van der Waals surface area contributed by atoms with Crippen LogP contribution in [0.25, 0.3) is 0 Å². The Hall–Kier alpha value is -1.32. The Kier molecular flexibility index (Phi) is 3.82. The number of nitrogens with two attached hydrogens (primary N) is 1. The molecule has 0 atom stereocenters. The molecule has 2 rings (SSSR count). The molecule has 0 saturated heterocycles. The standard InChI is InChI=1S/C14H14BrNO/c1-10-3-2-4-13(5-10)17-14-7-11(9-16)6-12(15)8-14/h2-8H,9,16H2,1H3. The summed E-state index contributed by atoms with van der Waals surface area (Å²) in [6.45, 7) is 2.54. The van der Waals surface area contributed by atoms with Crippen LogP contribution in [0.2, 0.25) is 0 Å². The van der Waals surface area contributed by atoms with E-state index >= 15 is 0 Å². The minimum Gasteiger partial charge on any atom is -0.457 e. The van der Waals surface area contributed by atoms with Gasteiger partial charge in [-0.05, 0) is 48.4 Å². The minimum absolute atomic E-state index is 0.504. The van der Waals surface area contributed by atoms with Gasteiger partial charge in [-0.3, -0.25) is 0 Å². The monoisotopic (exact) mass is 291 g/mol. The third-order valence-electron chi connectivity index (χ3n) is 2.39. The molecule has 0 unspecified atom stereocenters. The zero-order valence-electron chi connectivity index (χ0n) is 9.61. The molecular weight excluding hydrogens is 278 g/mol. The summed E-state index contributed by atoms with van der Waals surface area (Å²) < 4.78 is 6.77. The lowest BCUT2D eigenvalue weighted by molar-refractivity contribution is 0.481. The van der Waals surface area contributed by atoms with Gasteiger partial charge in [-0.1, -0.05) is 28.1 Å². The highest BCUT2D eigenvalue weighted by molar-refractivity contribution is 9.10. The normalized spacial score (nSPS) is 10.3. The Bertz CT molecular complexity index is 525. The van der Waals surface area contributed by atoms with Gasteiger partial charge in [0.1, 0.15) is 11.5 Å². The van der Waals surface area contributed by atoms with E-state index in [-0.39, 0.29) is 0 Å². The van der Waals surface area contributed by atoms with Gasteiger partial charge in [-0.2, -0.15) is 0 Å². The lowest BCUT2D eigenvalue weighted by Crippen LogP contribution is -1.96. The average Bonchev–Trinajstić information content (AvgIpc) is 2.28. The molecule has 88 valence electrons. The van der Waals surface area contributed by atoms with E-state index in [1.165, 1.54) is 5.56 Å². The van der Waals surface area contributed by atoms with E-state index in [9.17, 15) is 0 Å². The predicted octanol–water partition coefficient (Wildman–Crippen LogP) is 4.01. The molecule has 0 fully saturated rings. The van der Waals surface area contributed by atoms with E-state index in [0.717, 1.165) is 21.5 Å². The fourth-order valence-corrected chi connectivity index (χ4v) is 2.13. The van der Waals surface area contributed by atoms with Crippen molar-refractivity contribution in [2.75, 3.05) is 0 Å². The van der Waals surface area contributed by atoms with Crippen molar-refractivity contribution in [1.82, 2.24) is 0 Å². The van der Waals surface area contributed by atoms with Crippen LogP contribution in [0.1, 0.15) is 11.1 Å². The molecule has 3 heteroatoms. The van der Waals surface area contributed by atoms with Crippen LogP contribution in [-0.2, 0) is 6.54 Å². The van der Waals surface area contributed by atoms with Crippen molar-refractivity contribution in [3.8, 4) is 11.5 Å². The van der Waals surface area contributed by atoms with Crippen LogP contribution in [-0.4, -0.2) is 0 Å². The highest BCUT2D eigenvalue weighted by Crippen LogP contribution is 2.26. The van der Waals surface area contributed by atoms with Crippen molar-refractivity contribution in [3.63, 3.8) is 0 Å². The lowest BCUT2D eigenvalue weighted by atomic mass is 10.2. The third kappa shape index (κ3) is 3.32. The quantitative estimate of drug-likeness (QED) is 0.927. The molecule has 0 saturated carbocycles. The van der Waals surface area contributed by atoms with Crippen LogP contribution >= 0.6 is 15.9 Å². The third-order valence-corrected chi connectivity index (χ3v) is 2.85. The lowest BCUT2D eigenvalue weighted by Gasteiger charge is -2.08. The molecule has 0 spiro atoms. The Morgan fingerprint density at radius 3 is 2.65 bits per heavy atom. The van der Waals surface area contributed by atoms with Crippen molar-refractivity contribution >= 4 is 15.9 Å².